The van der Waals surface area contributed by atoms with E-state index < -0.39 is 6.10 Å². The maximum atomic E-state index is 13.3. The first-order valence-corrected chi connectivity index (χ1v) is 6.45. The summed E-state index contributed by atoms with van der Waals surface area (Å²) < 4.78 is 18.8. The van der Waals surface area contributed by atoms with E-state index in [9.17, 15) is 9.50 Å². The van der Waals surface area contributed by atoms with Crippen LogP contribution < -0.4 is 4.90 Å². The molecule has 1 aromatic carbocycles. The van der Waals surface area contributed by atoms with Crippen molar-refractivity contribution in [1.29, 1.82) is 0 Å². The molecular weight excluding hydrogens is 233 g/mol. The second-order valence-electron chi connectivity index (χ2n) is 4.71. The largest absolute Gasteiger partial charge is 0.389 e. The van der Waals surface area contributed by atoms with Gasteiger partial charge in [0.2, 0.25) is 0 Å². The van der Waals surface area contributed by atoms with E-state index >= 15 is 0 Å². The summed E-state index contributed by atoms with van der Waals surface area (Å²) in [5.41, 5.74) is 1.57. The SMILES string of the molecule is CCC1COCCN1c1ccc(F)cc1C(C)O. The van der Waals surface area contributed by atoms with Gasteiger partial charge >= 0.3 is 0 Å². The Balaban J connectivity index is 2.36. The van der Waals surface area contributed by atoms with Crippen molar-refractivity contribution in [3.63, 3.8) is 0 Å². The number of morpholine rings is 1. The van der Waals surface area contributed by atoms with Crippen LogP contribution in [0.3, 0.4) is 0 Å². The number of anilines is 1. The van der Waals surface area contributed by atoms with Gasteiger partial charge in [-0.1, -0.05) is 6.92 Å². The third-order valence-corrected chi connectivity index (χ3v) is 3.45. The molecule has 2 atom stereocenters. The average molecular weight is 253 g/mol. The Kier molecular flexibility index (Phi) is 4.19. The number of hydrogen-bond acceptors (Lipinski definition) is 3. The molecule has 0 saturated carbocycles. The fourth-order valence-electron chi connectivity index (χ4n) is 2.43. The van der Waals surface area contributed by atoms with E-state index in [1.807, 2.05) is 0 Å². The summed E-state index contributed by atoms with van der Waals surface area (Å²) in [6, 6.07) is 4.92. The van der Waals surface area contributed by atoms with Crippen LogP contribution in [0.2, 0.25) is 0 Å². The van der Waals surface area contributed by atoms with Crippen molar-refractivity contribution in [1.82, 2.24) is 0 Å². The molecular formula is C14H20FNO2. The van der Waals surface area contributed by atoms with E-state index in [2.05, 4.69) is 11.8 Å². The summed E-state index contributed by atoms with van der Waals surface area (Å²) in [6.07, 6.45) is 0.299. The number of rotatable bonds is 3. The number of hydrogen-bond donors (Lipinski definition) is 1. The van der Waals surface area contributed by atoms with Gasteiger partial charge in [0.15, 0.2) is 0 Å². The molecule has 1 heterocycles. The van der Waals surface area contributed by atoms with E-state index in [0.29, 0.717) is 24.8 Å². The molecule has 1 fully saturated rings. The fourth-order valence-corrected chi connectivity index (χ4v) is 2.43. The Morgan fingerprint density at radius 1 is 1.56 bits per heavy atom. The predicted molar refractivity (Wildman–Crippen MR) is 69.3 cm³/mol. The quantitative estimate of drug-likeness (QED) is 0.898. The zero-order valence-electron chi connectivity index (χ0n) is 10.9. The molecule has 0 aliphatic carbocycles. The molecule has 0 radical (unpaired) electrons. The lowest BCUT2D eigenvalue weighted by Crippen LogP contribution is -2.45. The Hall–Kier alpha value is -1.13. The third kappa shape index (κ3) is 2.65. The van der Waals surface area contributed by atoms with Gasteiger partial charge in [0, 0.05) is 17.8 Å². The molecule has 100 valence electrons. The number of ether oxygens (including phenoxy) is 1. The van der Waals surface area contributed by atoms with Gasteiger partial charge in [-0.15, -0.1) is 0 Å². The monoisotopic (exact) mass is 253 g/mol. The molecule has 0 bridgehead atoms. The van der Waals surface area contributed by atoms with Gasteiger partial charge in [0.1, 0.15) is 5.82 Å². The highest BCUT2D eigenvalue weighted by Gasteiger charge is 2.24. The average Bonchev–Trinajstić information content (AvgIpc) is 2.38. The molecule has 1 saturated heterocycles. The lowest BCUT2D eigenvalue weighted by atomic mass is 10.0. The Bertz CT molecular complexity index is 409. The minimum absolute atomic E-state index is 0.293. The second-order valence-corrected chi connectivity index (χ2v) is 4.71. The zero-order valence-corrected chi connectivity index (χ0v) is 10.9. The molecule has 1 N–H and O–H groups in total. The predicted octanol–water partition coefficient (Wildman–Crippen LogP) is 2.49. The lowest BCUT2D eigenvalue weighted by molar-refractivity contribution is 0.0925. The molecule has 1 aromatic rings. The summed E-state index contributed by atoms with van der Waals surface area (Å²) in [6.45, 7) is 5.92. The molecule has 2 rings (SSSR count). The van der Waals surface area contributed by atoms with Crippen molar-refractivity contribution >= 4 is 5.69 Å². The molecule has 0 spiro atoms. The van der Waals surface area contributed by atoms with Crippen molar-refractivity contribution in [3.05, 3.63) is 29.6 Å². The summed E-state index contributed by atoms with van der Waals surface area (Å²) in [7, 11) is 0. The van der Waals surface area contributed by atoms with Gasteiger partial charge in [0.25, 0.3) is 0 Å². The molecule has 3 nitrogen and oxygen atoms in total. The number of halogens is 1. The summed E-state index contributed by atoms with van der Waals surface area (Å²) in [4.78, 5) is 2.21. The summed E-state index contributed by atoms with van der Waals surface area (Å²) >= 11 is 0. The van der Waals surface area contributed by atoms with E-state index in [1.54, 1.807) is 13.0 Å². The van der Waals surface area contributed by atoms with Crippen molar-refractivity contribution in [3.8, 4) is 0 Å². The van der Waals surface area contributed by atoms with Gasteiger partial charge in [-0.25, -0.2) is 4.39 Å². The van der Waals surface area contributed by atoms with Crippen LogP contribution in [-0.2, 0) is 4.74 Å². The summed E-state index contributed by atoms with van der Waals surface area (Å²) in [5.74, 6) is -0.309. The lowest BCUT2D eigenvalue weighted by Gasteiger charge is -2.38. The van der Waals surface area contributed by atoms with Crippen molar-refractivity contribution < 1.29 is 14.2 Å². The van der Waals surface area contributed by atoms with Crippen LogP contribution in [0.5, 0.6) is 0 Å². The van der Waals surface area contributed by atoms with E-state index in [4.69, 9.17) is 4.74 Å². The third-order valence-electron chi connectivity index (χ3n) is 3.45. The normalized spacial score (nSPS) is 22.0. The van der Waals surface area contributed by atoms with Crippen LogP contribution in [0.1, 0.15) is 31.9 Å². The number of nitrogens with zero attached hydrogens (tertiary/aromatic N) is 1. The van der Waals surface area contributed by atoms with Crippen LogP contribution in [-0.4, -0.2) is 30.9 Å². The standard InChI is InChI=1S/C14H20FNO2/c1-3-12-9-18-7-6-16(12)14-5-4-11(15)8-13(14)10(2)17/h4-5,8,10,12,17H,3,6-7,9H2,1-2H3. The van der Waals surface area contributed by atoms with Gasteiger partial charge in [0.05, 0.1) is 25.4 Å². The van der Waals surface area contributed by atoms with Crippen LogP contribution in [0.4, 0.5) is 10.1 Å². The number of aliphatic hydroxyl groups excluding tert-OH is 1. The number of aliphatic hydroxyl groups is 1. The Morgan fingerprint density at radius 3 is 3.00 bits per heavy atom. The van der Waals surface area contributed by atoms with Crippen LogP contribution in [0.25, 0.3) is 0 Å². The van der Waals surface area contributed by atoms with Crippen LogP contribution in [0, 0.1) is 5.82 Å². The van der Waals surface area contributed by atoms with Gasteiger partial charge in [-0.05, 0) is 31.5 Å². The molecule has 1 aliphatic heterocycles. The topological polar surface area (TPSA) is 32.7 Å². The highest BCUT2D eigenvalue weighted by atomic mass is 19.1. The smallest absolute Gasteiger partial charge is 0.123 e. The molecule has 1 aliphatic rings. The van der Waals surface area contributed by atoms with Gasteiger partial charge in [-0.2, -0.15) is 0 Å². The first kappa shape index (κ1) is 13.3. The Morgan fingerprint density at radius 2 is 2.33 bits per heavy atom. The van der Waals surface area contributed by atoms with Gasteiger partial charge < -0.3 is 14.7 Å². The molecule has 0 aromatic heterocycles. The molecule has 0 amide bonds. The van der Waals surface area contributed by atoms with E-state index in [-0.39, 0.29) is 5.82 Å². The first-order valence-electron chi connectivity index (χ1n) is 6.45. The highest BCUT2D eigenvalue weighted by Crippen LogP contribution is 2.30. The fraction of sp³-hybridized carbons (Fsp3) is 0.571. The maximum absolute atomic E-state index is 13.3. The second kappa shape index (κ2) is 5.67. The highest BCUT2D eigenvalue weighted by molar-refractivity contribution is 5.56. The Labute approximate surface area is 107 Å². The van der Waals surface area contributed by atoms with E-state index in [1.165, 1.54) is 12.1 Å². The zero-order chi connectivity index (χ0) is 13.1. The van der Waals surface area contributed by atoms with E-state index in [0.717, 1.165) is 18.7 Å². The minimum atomic E-state index is -0.670. The van der Waals surface area contributed by atoms with Crippen LogP contribution in [0.15, 0.2) is 18.2 Å². The minimum Gasteiger partial charge on any atom is -0.389 e. The first-order chi connectivity index (χ1) is 8.63. The number of benzene rings is 1. The molecule has 2 unspecified atom stereocenters. The summed E-state index contributed by atoms with van der Waals surface area (Å²) in [5, 5.41) is 9.79. The molecule has 4 heteroatoms. The van der Waals surface area contributed by atoms with Gasteiger partial charge in [-0.3, -0.25) is 0 Å². The van der Waals surface area contributed by atoms with Crippen molar-refractivity contribution in [2.24, 2.45) is 0 Å². The molecule has 18 heavy (non-hydrogen) atoms. The van der Waals surface area contributed by atoms with Crippen molar-refractivity contribution in [2.75, 3.05) is 24.7 Å². The van der Waals surface area contributed by atoms with Crippen LogP contribution >= 0.6 is 0 Å². The van der Waals surface area contributed by atoms with Crippen molar-refractivity contribution in [2.45, 2.75) is 32.4 Å². The maximum Gasteiger partial charge on any atom is 0.123 e.